The summed E-state index contributed by atoms with van der Waals surface area (Å²) < 4.78 is 4.67. The maximum absolute atomic E-state index is 9.86. The number of ether oxygens (including phenoxy) is 1. The van der Waals surface area contributed by atoms with E-state index in [9.17, 15) is 4.79 Å². The first-order chi connectivity index (χ1) is 5.14. The fourth-order valence-corrected chi connectivity index (χ4v) is 1.13. The van der Waals surface area contributed by atoms with Crippen LogP contribution >= 0.6 is 0 Å². The summed E-state index contributed by atoms with van der Waals surface area (Å²) in [5.74, 6) is 0. The van der Waals surface area contributed by atoms with Gasteiger partial charge >= 0.3 is 0 Å². The predicted molar refractivity (Wildman–Crippen MR) is 36.2 cm³/mol. The fraction of sp³-hybridized carbons (Fsp3) is 0.714. The Hall–Kier alpha value is -1.33. The molecule has 1 saturated carbocycles. The molecule has 1 aliphatic rings. The molecule has 0 bridgehead atoms. The minimum absolute atomic E-state index is 0.187. The molecule has 58 valence electrons. The Morgan fingerprint density at radius 1 is 1.64 bits per heavy atom. The SMILES string of the molecule is CC1(C)[C@@H](N=C=O)[C@@H]1OC#N. The van der Waals surface area contributed by atoms with Crippen molar-refractivity contribution in [3.05, 3.63) is 0 Å². The molecule has 0 aliphatic heterocycles. The van der Waals surface area contributed by atoms with Crippen molar-refractivity contribution < 1.29 is 9.53 Å². The molecule has 0 aromatic carbocycles. The summed E-state index contributed by atoms with van der Waals surface area (Å²) >= 11 is 0. The monoisotopic (exact) mass is 152 g/mol. The van der Waals surface area contributed by atoms with E-state index in [1.807, 2.05) is 13.8 Å². The number of hydrogen-bond donors (Lipinski definition) is 0. The molecule has 0 heterocycles. The van der Waals surface area contributed by atoms with Gasteiger partial charge in [-0.1, -0.05) is 13.8 Å². The highest BCUT2D eigenvalue weighted by atomic mass is 16.5. The van der Waals surface area contributed by atoms with Gasteiger partial charge in [0.05, 0.1) is 0 Å². The molecule has 0 N–H and O–H groups in total. The number of hydrogen-bond acceptors (Lipinski definition) is 4. The number of nitrogens with zero attached hydrogens (tertiary/aromatic N) is 2. The molecule has 4 nitrogen and oxygen atoms in total. The second-order valence-electron chi connectivity index (χ2n) is 3.12. The lowest BCUT2D eigenvalue weighted by atomic mass is 10.2. The lowest BCUT2D eigenvalue weighted by Gasteiger charge is -1.94. The van der Waals surface area contributed by atoms with E-state index >= 15 is 0 Å². The maximum Gasteiger partial charge on any atom is 0.286 e. The van der Waals surface area contributed by atoms with Crippen LogP contribution in [0.1, 0.15) is 13.8 Å². The van der Waals surface area contributed by atoms with Crippen molar-refractivity contribution in [1.29, 1.82) is 5.26 Å². The molecule has 1 aliphatic carbocycles. The van der Waals surface area contributed by atoms with Gasteiger partial charge in [-0.15, -0.1) is 0 Å². The van der Waals surface area contributed by atoms with Crippen LogP contribution in [-0.2, 0) is 9.53 Å². The standard InChI is InChI=1S/C7H8N2O2/c1-7(2)5(9-4-10)6(7)11-3-8/h5-6H,1-2H3/t5-,6-/m0/s1. The molecule has 0 aromatic heterocycles. The lowest BCUT2D eigenvalue weighted by molar-refractivity contribution is 0.215. The van der Waals surface area contributed by atoms with Crippen molar-refractivity contribution >= 4 is 6.08 Å². The van der Waals surface area contributed by atoms with Crippen LogP contribution in [-0.4, -0.2) is 18.2 Å². The van der Waals surface area contributed by atoms with Crippen molar-refractivity contribution in [1.82, 2.24) is 0 Å². The van der Waals surface area contributed by atoms with Crippen LogP contribution in [0, 0.1) is 16.9 Å². The zero-order chi connectivity index (χ0) is 8.48. The normalized spacial score (nSPS) is 31.4. The Morgan fingerprint density at radius 2 is 2.27 bits per heavy atom. The number of nitriles is 1. The molecular weight excluding hydrogens is 144 g/mol. The third-order valence-corrected chi connectivity index (χ3v) is 2.04. The van der Waals surface area contributed by atoms with Gasteiger partial charge in [-0.25, -0.2) is 4.79 Å². The third kappa shape index (κ3) is 1.11. The van der Waals surface area contributed by atoms with Crippen LogP contribution < -0.4 is 0 Å². The summed E-state index contributed by atoms with van der Waals surface area (Å²) in [5.41, 5.74) is -0.187. The summed E-state index contributed by atoms with van der Waals surface area (Å²) in [6.07, 6.45) is 2.80. The first kappa shape index (κ1) is 7.77. The summed E-state index contributed by atoms with van der Waals surface area (Å²) in [5, 5.41) is 8.18. The van der Waals surface area contributed by atoms with E-state index in [0.29, 0.717) is 0 Å². The molecule has 0 spiro atoms. The van der Waals surface area contributed by atoms with E-state index in [1.54, 1.807) is 6.26 Å². The van der Waals surface area contributed by atoms with E-state index in [2.05, 4.69) is 9.73 Å². The summed E-state index contributed by atoms with van der Waals surface area (Å²) in [6, 6.07) is -0.195. The molecule has 0 amide bonds. The number of rotatable bonds is 2. The topological polar surface area (TPSA) is 62.4 Å². The Labute approximate surface area is 64.5 Å². The van der Waals surface area contributed by atoms with Gasteiger partial charge in [-0.2, -0.15) is 10.3 Å². The highest BCUT2D eigenvalue weighted by molar-refractivity contribution is 5.37. The van der Waals surface area contributed by atoms with Gasteiger partial charge in [-0.05, 0) is 0 Å². The van der Waals surface area contributed by atoms with Crippen molar-refractivity contribution in [2.45, 2.75) is 26.0 Å². The number of isocyanates is 1. The molecule has 2 atom stereocenters. The van der Waals surface area contributed by atoms with E-state index in [1.165, 1.54) is 6.08 Å². The maximum atomic E-state index is 9.86. The molecule has 0 unspecified atom stereocenters. The Balaban J connectivity index is 2.62. The molecule has 0 aromatic rings. The van der Waals surface area contributed by atoms with Gasteiger partial charge in [0.15, 0.2) is 0 Å². The molecule has 1 rings (SSSR count). The minimum atomic E-state index is -0.242. The van der Waals surface area contributed by atoms with Crippen LogP contribution in [0.2, 0.25) is 0 Å². The van der Waals surface area contributed by atoms with Crippen molar-refractivity contribution in [2.24, 2.45) is 10.4 Å². The molecule has 0 saturated heterocycles. The summed E-state index contributed by atoms with van der Waals surface area (Å²) in [6.45, 7) is 3.78. The van der Waals surface area contributed by atoms with Gasteiger partial charge < -0.3 is 4.74 Å². The predicted octanol–water partition coefficient (Wildman–Crippen LogP) is 0.597. The summed E-state index contributed by atoms with van der Waals surface area (Å²) in [7, 11) is 0. The second kappa shape index (κ2) is 2.37. The average Bonchev–Trinajstić information content (AvgIpc) is 2.41. The fourth-order valence-electron chi connectivity index (χ4n) is 1.13. The number of aliphatic imine (C=N–C) groups is 1. The van der Waals surface area contributed by atoms with Crippen molar-refractivity contribution in [3.8, 4) is 6.26 Å². The van der Waals surface area contributed by atoms with E-state index < -0.39 is 0 Å². The van der Waals surface area contributed by atoms with E-state index in [0.717, 1.165) is 0 Å². The largest absolute Gasteiger partial charge is 0.421 e. The zero-order valence-electron chi connectivity index (χ0n) is 6.37. The quantitative estimate of drug-likeness (QED) is 0.330. The van der Waals surface area contributed by atoms with Crippen LogP contribution in [0.5, 0.6) is 0 Å². The van der Waals surface area contributed by atoms with Gasteiger partial charge in [0.1, 0.15) is 12.1 Å². The lowest BCUT2D eigenvalue weighted by Crippen LogP contribution is -1.95. The van der Waals surface area contributed by atoms with Crippen molar-refractivity contribution in [2.75, 3.05) is 0 Å². The first-order valence-corrected chi connectivity index (χ1v) is 3.26. The molecule has 4 heteroatoms. The highest BCUT2D eigenvalue weighted by Gasteiger charge is 2.61. The first-order valence-electron chi connectivity index (χ1n) is 3.26. The molecule has 11 heavy (non-hydrogen) atoms. The second-order valence-corrected chi connectivity index (χ2v) is 3.12. The minimum Gasteiger partial charge on any atom is -0.421 e. The van der Waals surface area contributed by atoms with Crippen LogP contribution in [0.3, 0.4) is 0 Å². The smallest absolute Gasteiger partial charge is 0.286 e. The third-order valence-electron chi connectivity index (χ3n) is 2.04. The molecule has 1 fully saturated rings. The van der Waals surface area contributed by atoms with Gasteiger partial charge in [0.2, 0.25) is 6.08 Å². The number of carbonyl (C=O) groups excluding carboxylic acids is 1. The van der Waals surface area contributed by atoms with Crippen molar-refractivity contribution in [3.63, 3.8) is 0 Å². The highest BCUT2D eigenvalue weighted by Crippen LogP contribution is 2.49. The van der Waals surface area contributed by atoms with Gasteiger partial charge in [-0.3, -0.25) is 0 Å². The van der Waals surface area contributed by atoms with Crippen LogP contribution in [0.4, 0.5) is 0 Å². The van der Waals surface area contributed by atoms with Crippen LogP contribution in [0.15, 0.2) is 4.99 Å². The van der Waals surface area contributed by atoms with E-state index in [4.69, 9.17) is 5.26 Å². The summed E-state index contributed by atoms with van der Waals surface area (Å²) in [4.78, 5) is 13.4. The van der Waals surface area contributed by atoms with E-state index in [-0.39, 0.29) is 17.6 Å². The van der Waals surface area contributed by atoms with Crippen LogP contribution in [0.25, 0.3) is 0 Å². The Morgan fingerprint density at radius 3 is 2.73 bits per heavy atom. The molecule has 0 radical (unpaired) electrons. The Kier molecular flexibility index (Phi) is 1.67. The molecular formula is C7H8N2O2. The average molecular weight is 152 g/mol. The van der Waals surface area contributed by atoms with Gasteiger partial charge in [0.25, 0.3) is 6.26 Å². The Bertz CT molecular complexity index is 248. The zero-order valence-corrected chi connectivity index (χ0v) is 6.37. The van der Waals surface area contributed by atoms with Gasteiger partial charge in [0, 0.05) is 5.41 Å².